The first-order valence-corrected chi connectivity index (χ1v) is 6.18. The van der Waals surface area contributed by atoms with Crippen molar-refractivity contribution in [2.24, 2.45) is 0 Å². The predicted octanol–water partition coefficient (Wildman–Crippen LogP) is -0.886. The summed E-state index contributed by atoms with van der Waals surface area (Å²) < 4.78 is 23.5. The minimum Gasteiger partial charge on any atom is -0.299 e. The van der Waals surface area contributed by atoms with Crippen molar-refractivity contribution in [2.45, 2.75) is 6.42 Å². The summed E-state index contributed by atoms with van der Waals surface area (Å²) in [5, 5.41) is 0. The van der Waals surface area contributed by atoms with Crippen molar-refractivity contribution < 1.29 is 13.2 Å². The Kier molecular flexibility index (Phi) is 3.72. The maximum atomic E-state index is 11.3. The van der Waals surface area contributed by atoms with Crippen LogP contribution in [-0.4, -0.2) is 56.5 Å². The highest BCUT2D eigenvalue weighted by Crippen LogP contribution is 2.13. The Morgan fingerprint density at radius 1 is 1.40 bits per heavy atom. The number of carbonyl (C=O) groups excluding carboxylic acids is 1. The third-order valence-electron chi connectivity index (χ3n) is 1.93. The molecule has 0 aromatic carbocycles. The highest BCUT2D eigenvalue weighted by Gasteiger charge is 2.33. The summed E-state index contributed by atoms with van der Waals surface area (Å²) in [6, 6.07) is 0. The lowest BCUT2D eigenvalue weighted by Crippen LogP contribution is -2.30. The Hall–Kier alpha value is -1.06. The van der Waals surface area contributed by atoms with Crippen molar-refractivity contribution >= 4 is 15.9 Å². The molecular weight excluding hydrogens is 216 g/mol. The molecule has 0 saturated carbocycles. The van der Waals surface area contributed by atoms with Gasteiger partial charge in [0.1, 0.15) is 0 Å². The van der Waals surface area contributed by atoms with Crippen LogP contribution in [0.25, 0.3) is 0 Å². The van der Waals surface area contributed by atoms with Gasteiger partial charge in [0.15, 0.2) is 0 Å². The number of rotatable bonds is 2. The average Bonchev–Trinajstić information content (AvgIpc) is 2.37. The summed E-state index contributed by atoms with van der Waals surface area (Å²) in [7, 11) is 0.366. The van der Waals surface area contributed by atoms with Crippen molar-refractivity contribution in [3.05, 3.63) is 0 Å². The largest absolute Gasteiger partial charge is 0.299 e. The second kappa shape index (κ2) is 4.64. The van der Waals surface area contributed by atoms with Crippen molar-refractivity contribution in [3.8, 4) is 11.8 Å². The van der Waals surface area contributed by atoms with Gasteiger partial charge in [0, 0.05) is 6.42 Å². The summed E-state index contributed by atoms with van der Waals surface area (Å²) in [4.78, 5) is 13.1. The van der Waals surface area contributed by atoms with E-state index in [0.29, 0.717) is 6.54 Å². The SMILES string of the molecule is CN(C)CC#CCN1C(=O)CCS1(=O)=O. The first kappa shape index (κ1) is 12.0. The van der Waals surface area contributed by atoms with E-state index < -0.39 is 10.0 Å². The van der Waals surface area contributed by atoms with Gasteiger partial charge in [0.05, 0.1) is 18.8 Å². The van der Waals surface area contributed by atoms with Crippen LogP contribution in [0.4, 0.5) is 0 Å². The van der Waals surface area contributed by atoms with Gasteiger partial charge in [-0.25, -0.2) is 12.7 Å². The molecule has 1 aliphatic heterocycles. The van der Waals surface area contributed by atoms with Gasteiger partial charge in [-0.05, 0) is 14.1 Å². The molecule has 0 radical (unpaired) electrons. The third-order valence-corrected chi connectivity index (χ3v) is 3.66. The quantitative estimate of drug-likeness (QED) is 0.578. The van der Waals surface area contributed by atoms with Crippen LogP contribution in [0.5, 0.6) is 0 Å². The summed E-state index contributed by atoms with van der Waals surface area (Å²) >= 11 is 0. The van der Waals surface area contributed by atoms with Crippen LogP contribution in [0, 0.1) is 11.8 Å². The Balaban J connectivity index is 2.57. The van der Waals surface area contributed by atoms with Crippen LogP contribution in [0.15, 0.2) is 0 Å². The van der Waals surface area contributed by atoms with Crippen LogP contribution < -0.4 is 0 Å². The molecule has 6 heteroatoms. The van der Waals surface area contributed by atoms with Gasteiger partial charge in [-0.1, -0.05) is 11.8 Å². The molecule has 84 valence electrons. The Labute approximate surface area is 90.1 Å². The van der Waals surface area contributed by atoms with E-state index in [9.17, 15) is 13.2 Å². The summed E-state index contributed by atoms with van der Waals surface area (Å²) in [6.45, 7) is 0.539. The van der Waals surface area contributed by atoms with E-state index in [1.165, 1.54) is 0 Å². The van der Waals surface area contributed by atoms with Gasteiger partial charge < -0.3 is 0 Å². The lowest BCUT2D eigenvalue weighted by molar-refractivity contribution is -0.124. The van der Waals surface area contributed by atoms with Gasteiger partial charge >= 0.3 is 0 Å². The standard InChI is InChI=1S/C9H14N2O3S/c1-10(2)6-3-4-7-11-9(12)5-8-15(11,13)14/h5-8H2,1-2H3. The molecule has 15 heavy (non-hydrogen) atoms. The highest BCUT2D eigenvalue weighted by molar-refractivity contribution is 7.90. The maximum absolute atomic E-state index is 11.3. The molecule has 0 atom stereocenters. The predicted molar refractivity (Wildman–Crippen MR) is 56.4 cm³/mol. The Morgan fingerprint density at radius 2 is 2.07 bits per heavy atom. The highest BCUT2D eigenvalue weighted by atomic mass is 32.2. The molecule has 1 fully saturated rings. The van der Waals surface area contributed by atoms with Crippen molar-refractivity contribution in [3.63, 3.8) is 0 Å². The van der Waals surface area contributed by atoms with Crippen LogP contribution >= 0.6 is 0 Å². The van der Waals surface area contributed by atoms with E-state index in [1.54, 1.807) is 0 Å². The fourth-order valence-corrected chi connectivity index (χ4v) is 2.45. The fraction of sp³-hybridized carbons (Fsp3) is 0.667. The van der Waals surface area contributed by atoms with E-state index in [2.05, 4.69) is 11.8 Å². The van der Waals surface area contributed by atoms with Crippen LogP contribution in [0.3, 0.4) is 0 Å². The van der Waals surface area contributed by atoms with Crippen LogP contribution in [0.1, 0.15) is 6.42 Å². The maximum Gasteiger partial charge on any atom is 0.238 e. The Bertz CT molecular complexity index is 403. The molecule has 1 rings (SSSR count). The zero-order valence-corrected chi connectivity index (χ0v) is 9.67. The molecule has 1 saturated heterocycles. The summed E-state index contributed by atoms with van der Waals surface area (Å²) in [5.74, 6) is 5.03. The monoisotopic (exact) mass is 230 g/mol. The number of hydrogen-bond donors (Lipinski definition) is 0. The van der Waals surface area contributed by atoms with Gasteiger partial charge in [-0.2, -0.15) is 0 Å². The molecule has 0 spiro atoms. The number of sulfonamides is 1. The molecular formula is C9H14N2O3S. The number of amides is 1. The van der Waals surface area contributed by atoms with Gasteiger partial charge in [0.25, 0.3) is 0 Å². The molecule has 0 bridgehead atoms. The van der Waals surface area contributed by atoms with E-state index in [4.69, 9.17) is 0 Å². The van der Waals surface area contributed by atoms with Crippen LogP contribution in [0.2, 0.25) is 0 Å². The first-order chi connectivity index (χ1) is 6.93. The van der Waals surface area contributed by atoms with E-state index in [1.807, 2.05) is 19.0 Å². The molecule has 0 aromatic heterocycles. The topological polar surface area (TPSA) is 57.7 Å². The van der Waals surface area contributed by atoms with E-state index >= 15 is 0 Å². The molecule has 5 nitrogen and oxygen atoms in total. The number of hydrogen-bond acceptors (Lipinski definition) is 4. The zero-order chi connectivity index (χ0) is 11.5. The first-order valence-electron chi connectivity index (χ1n) is 4.57. The lowest BCUT2D eigenvalue weighted by Gasteiger charge is -2.10. The minimum atomic E-state index is -3.37. The average molecular weight is 230 g/mol. The third kappa shape index (κ3) is 3.22. The van der Waals surface area contributed by atoms with Gasteiger partial charge in [-0.3, -0.25) is 9.69 Å². The fourth-order valence-electron chi connectivity index (χ4n) is 1.13. The molecule has 0 aliphatic carbocycles. The molecule has 0 aromatic rings. The van der Waals surface area contributed by atoms with Crippen molar-refractivity contribution in [1.82, 2.24) is 9.21 Å². The lowest BCUT2D eigenvalue weighted by atomic mass is 10.4. The molecule has 1 heterocycles. The molecule has 1 aliphatic rings. The smallest absolute Gasteiger partial charge is 0.238 e. The van der Waals surface area contributed by atoms with Gasteiger partial charge in [0.2, 0.25) is 15.9 Å². The summed E-state index contributed by atoms with van der Waals surface area (Å²) in [6.07, 6.45) is 0.0810. The van der Waals surface area contributed by atoms with Gasteiger partial charge in [-0.15, -0.1) is 0 Å². The molecule has 1 amide bonds. The normalized spacial score (nSPS) is 19.1. The summed E-state index contributed by atoms with van der Waals surface area (Å²) in [5.41, 5.74) is 0. The minimum absolute atomic E-state index is 0.0188. The Morgan fingerprint density at radius 3 is 2.53 bits per heavy atom. The second-order valence-electron chi connectivity index (χ2n) is 3.56. The van der Waals surface area contributed by atoms with Crippen molar-refractivity contribution in [2.75, 3.05) is 32.9 Å². The van der Waals surface area contributed by atoms with Crippen molar-refractivity contribution in [1.29, 1.82) is 0 Å². The zero-order valence-electron chi connectivity index (χ0n) is 8.86. The van der Waals surface area contributed by atoms with E-state index in [0.717, 1.165) is 4.31 Å². The molecule has 0 unspecified atom stereocenters. The molecule has 0 N–H and O–H groups in total. The van der Waals surface area contributed by atoms with E-state index in [-0.39, 0.29) is 24.6 Å². The second-order valence-corrected chi connectivity index (χ2v) is 5.57. The van der Waals surface area contributed by atoms with Crippen LogP contribution in [-0.2, 0) is 14.8 Å². The number of nitrogens with zero attached hydrogens (tertiary/aromatic N) is 2. The number of carbonyl (C=O) groups is 1.